The van der Waals surface area contributed by atoms with E-state index in [4.69, 9.17) is 21.0 Å². The minimum atomic E-state index is -0.839. The van der Waals surface area contributed by atoms with Crippen molar-refractivity contribution in [1.29, 1.82) is 21.0 Å². The van der Waals surface area contributed by atoms with E-state index in [1.54, 1.807) is 41.5 Å². The van der Waals surface area contributed by atoms with E-state index in [0.29, 0.717) is 13.1 Å². The Bertz CT molecular complexity index is 538. The fourth-order valence-electron chi connectivity index (χ4n) is 0.737. The van der Waals surface area contributed by atoms with Crippen LogP contribution in [0.3, 0.4) is 0 Å². The molecule has 8 nitrogen and oxygen atoms in total. The maximum Gasteiger partial charge on any atom is 0.162 e. The molecule has 24 heavy (non-hydrogen) atoms. The molecule has 0 heterocycles. The van der Waals surface area contributed by atoms with E-state index in [2.05, 4.69) is 20.5 Å². The summed E-state index contributed by atoms with van der Waals surface area (Å²) in [5.74, 6) is -0.183. The van der Waals surface area contributed by atoms with Gasteiger partial charge in [0.1, 0.15) is 0 Å². The zero-order valence-corrected chi connectivity index (χ0v) is 15.1. The molecular formula is C16H24N8. The Balaban J connectivity index is 0. The Hall–Kier alpha value is -2.84. The summed E-state index contributed by atoms with van der Waals surface area (Å²) >= 11 is 0. The second-order valence-electron chi connectivity index (χ2n) is 6.25. The summed E-state index contributed by atoms with van der Waals surface area (Å²) in [6, 6.07) is 8.03. The molecule has 0 bridgehead atoms. The molecule has 0 radical (unpaired) electrons. The lowest BCUT2D eigenvalue weighted by Gasteiger charge is -2.11. The first-order chi connectivity index (χ1) is 11.0. The molecule has 0 saturated carbocycles. The molecule has 0 rings (SSSR count). The van der Waals surface area contributed by atoms with Crippen molar-refractivity contribution in [2.75, 3.05) is 13.1 Å². The van der Waals surface area contributed by atoms with Gasteiger partial charge < -0.3 is 0 Å². The van der Waals surface area contributed by atoms with Crippen LogP contribution in [0.25, 0.3) is 0 Å². The average molecular weight is 328 g/mol. The molecule has 0 aromatic carbocycles. The van der Waals surface area contributed by atoms with Crippen LogP contribution >= 0.6 is 0 Å². The molecule has 8 heteroatoms. The zero-order valence-electron chi connectivity index (χ0n) is 15.1. The maximum absolute atomic E-state index is 8.58. The third-order valence-corrected chi connectivity index (χ3v) is 2.35. The van der Waals surface area contributed by atoms with Gasteiger partial charge in [-0.05, 0) is 41.5 Å². The summed E-state index contributed by atoms with van der Waals surface area (Å²) in [5, 5.41) is 49.0. The number of rotatable bonds is 6. The fourth-order valence-corrected chi connectivity index (χ4v) is 0.737. The summed E-state index contributed by atoms with van der Waals surface area (Å²) in [5.41, 5.74) is -1.68. The minimum absolute atomic E-state index is 0.0915. The Morgan fingerprint density at radius 2 is 1.00 bits per heavy atom. The van der Waals surface area contributed by atoms with Crippen LogP contribution in [-0.4, -0.2) is 24.2 Å². The predicted molar refractivity (Wildman–Crippen MR) is 88.4 cm³/mol. The van der Waals surface area contributed by atoms with Gasteiger partial charge in [-0.3, -0.25) is 0 Å². The summed E-state index contributed by atoms with van der Waals surface area (Å²) in [7, 11) is 0. The van der Waals surface area contributed by atoms with Crippen LogP contribution in [0, 0.1) is 57.2 Å². The highest BCUT2D eigenvalue weighted by atomic mass is 15.2. The van der Waals surface area contributed by atoms with Crippen molar-refractivity contribution in [2.45, 2.75) is 52.6 Å². The van der Waals surface area contributed by atoms with Gasteiger partial charge in [0.25, 0.3) is 0 Å². The quantitative estimate of drug-likeness (QED) is 0.682. The van der Waals surface area contributed by atoms with Gasteiger partial charge in [0.2, 0.25) is 0 Å². The molecule has 2 atom stereocenters. The molecule has 0 aromatic rings. The Morgan fingerprint density at radius 3 is 1.21 bits per heavy atom. The van der Waals surface area contributed by atoms with Crippen LogP contribution in [0.15, 0.2) is 20.5 Å². The standard InChI is InChI=1S/2C8H12N4/c1-7(3-9)5-11-12-6-8(2)4-10;1-7(2,5-9)11-12-8(3,4)6-10/h7-8H,5-6H2,1-2H3;1-4H3. The van der Waals surface area contributed by atoms with Crippen LogP contribution in [-0.2, 0) is 0 Å². The Labute approximate surface area is 144 Å². The minimum Gasteiger partial charge on any atom is -0.198 e. The van der Waals surface area contributed by atoms with Gasteiger partial charge in [-0.15, -0.1) is 0 Å². The number of nitriles is 4. The van der Waals surface area contributed by atoms with Crippen molar-refractivity contribution >= 4 is 0 Å². The van der Waals surface area contributed by atoms with E-state index in [-0.39, 0.29) is 11.8 Å². The van der Waals surface area contributed by atoms with E-state index < -0.39 is 11.1 Å². The normalized spacial score (nSPS) is 13.8. The van der Waals surface area contributed by atoms with Crippen molar-refractivity contribution in [3.05, 3.63) is 0 Å². The Kier molecular flexibility index (Phi) is 11.4. The summed E-state index contributed by atoms with van der Waals surface area (Å²) in [6.07, 6.45) is 0. The second-order valence-corrected chi connectivity index (χ2v) is 6.25. The molecule has 0 spiro atoms. The van der Waals surface area contributed by atoms with Gasteiger partial charge in [0, 0.05) is 0 Å². The zero-order chi connectivity index (χ0) is 19.2. The largest absolute Gasteiger partial charge is 0.198 e. The number of azo groups is 2. The summed E-state index contributed by atoms with van der Waals surface area (Å²) in [6.45, 7) is 11.0. The number of hydrogen-bond acceptors (Lipinski definition) is 8. The van der Waals surface area contributed by atoms with Gasteiger partial charge in [0.15, 0.2) is 11.1 Å². The van der Waals surface area contributed by atoms with Crippen LogP contribution in [0.1, 0.15) is 41.5 Å². The van der Waals surface area contributed by atoms with Crippen molar-refractivity contribution in [2.24, 2.45) is 32.3 Å². The van der Waals surface area contributed by atoms with Crippen molar-refractivity contribution < 1.29 is 0 Å². The van der Waals surface area contributed by atoms with Gasteiger partial charge in [0.05, 0.1) is 49.2 Å². The van der Waals surface area contributed by atoms with Crippen LogP contribution in [0.4, 0.5) is 0 Å². The molecule has 0 saturated heterocycles. The van der Waals surface area contributed by atoms with E-state index in [0.717, 1.165) is 0 Å². The topological polar surface area (TPSA) is 145 Å². The van der Waals surface area contributed by atoms with E-state index in [9.17, 15) is 0 Å². The first-order valence-electron chi connectivity index (χ1n) is 7.42. The molecule has 0 aromatic heterocycles. The molecule has 128 valence electrons. The van der Waals surface area contributed by atoms with Gasteiger partial charge in [-0.2, -0.15) is 41.5 Å². The highest BCUT2D eigenvalue weighted by molar-refractivity contribution is 5.03. The SMILES string of the molecule is CC(C#N)CN=NCC(C)C#N.CC(C)(C#N)N=NC(C)(C)C#N. The molecule has 0 aliphatic rings. The van der Waals surface area contributed by atoms with Crippen molar-refractivity contribution in [3.8, 4) is 24.3 Å². The highest BCUT2D eigenvalue weighted by Gasteiger charge is 2.19. The van der Waals surface area contributed by atoms with E-state index in [1.165, 1.54) is 0 Å². The lowest BCUT2D eigenvalue weighted by molar-refractivity contribution is 0.541. The second kappa shape index (κ2) is 11.7. The van der Waals surface area contributed by atoms with E-state index in [1.807, 2.05) is 24.3 Å². The van der Waals surface area contributed by atoms with Crippen molar-refractivity contribution in [1.82, 2.24) is 0 Å². The van der Waals surface area contributed by atoms with Gasteiger partial charge in [-0.1, -0.05) is 0 Å². The van der Waals surface area contributed by atoms with Crippen LogP contribution < -0.4 is 0 Å². The smallest absolute Gasteiger partial charge is 0.162 e. The van der Waals surface area contributed by atoms with Gasteiger partial charge >= 0.3 is 0 Å². The summed E-state index contributed by atoms with van der Waals surface area (Å²) in [4.78, 5) is 0. The average Bonchev–Trinajstić information content (AvgIpc) is 2.57. The van der Waals surface area contributed by atoms with Gasteiger partial charge in [-0.25, -0.2) is 0 Å². The van der Waals surface area contributed by atoms with Crippen LogP contribution in [0.5, 0.6) is 0 Å². The Morgan fingerprint density at radius 1 is 0.708 bits per heavy atom. The highest BCUT2D eigenvalue weighted by Crippen LogP contribution is 2.13. The molecule has 0 amide bonds. The number of nitrogens with zero attached hydrogens (tertiary/aromatic N) is 8. The van der Waals surface area contributed by atoms with Crippen LogP contribution in [0.2, 0.25) is 0 Å². The molecule has 0 fully saturated rings. The predicted octanol–water partition coefficient (Wildman–Crippen LogP) is 3.80. The molecule has 0 aliphatic carbocycles. The lowest BCUT2D eigenvalue weighted by atomic mass is 10.1. The first-order valence-corrected chi connectivity index (χ1v) is 7.42. The maximum atomic E-state index is 8.58. The number of hydrogen-bond donors (Lipinski definition) is 0. The van der Waals surface area contributed by atoms with E-state index >= 15 is 0 Å². The lowest BCUT2D eigenvalue weighted by Crippen LogP contribution is -2.17. The molecular weight excluding hydrogens is 304 g/mol. The summed E-state index contributed by atoms with van der Waals surface area (Å²) < 4.78 is 0. The third-order valence-electron chi connectivity index (χ3n) is 2.35. The fraction of sp³-hybridized carbons (Fsp3) is 0.750. The monoisotopic (exact) mass is 328 g/mol. The molecule has 0 aliphatic heterocycles. The third kappa shape index (κ3) is 14.1. The first kappa shape index (κ1) is 23.4. The molecule has 2 unspecified atom stereocenters. The van der Waals surface area contributed by atoms with Crippen molar-refractivity contribution in [3.63, 3.8) is 0 Å². The molecule has 0 N–H and O–H groups in total.